The molecule has 0 saturated heterocycles. The van der Waals surface area contributed by atoms with Crippen LogP contribution in [0.25, 0.3) is 0 Å². The Bertz CT molecular complexity index is 1200. The summed E-state index contributed by atoms with van der Waals surface area (Å²) in [4.78, 5) is 25.6. The summed E-state index contributed by atoms with van der Waals surface area (Å²) in [6.07, 6.45) is 0.153. The van der Waals surface area contributed by atoms with E-state index < -0.39 is 38.3 Å². The number of sulfonamides is 1. The van der Waals surface area contributed by atoms with Gasteiger partial charge in [-0.05, 0) is 31.0 Å². The van der Waals surface area contributed by atoms with Crippen molar-refractivity contribution in [2.75, 3.05) is 31.3 Å². The Labute approximate surface area is 185 Å². The third-order valence-electron chi connectivity index (χ3n) is 4.65. The van der Waals surface area contributed by atoms with Crippen LogP contribution in [0.4, 0.5) is 5.00 Å². The predicted molar refractivity (Wildman–Crippen MR) is 116 cm³/mol. The summed E-state index contributed by atoms with van der Waals surface area (Å²) in [6.45, 7) is 1.27. The number of carbonyl (C=O) groups is 2. The maximum Gasteiger partial charge on any atom is 0.341 e. The largest absolute Gasteiger partial charge is 0.462 e. The molecule has 0 saturated carbocycles. The van der Waals surface area contributed by atoms with Crippen molar-refractivity contribution in [1.82, 2.24) is 4.31 Å². The zero-order valence-corrected chi connectivity index (χ0v) is 19.4. The number of thiophene rings is 1. The molecular formula is C19H22N2O7S3. The fourth-order valence-corrected chi connectivity index (χ4v) is 7.36. The maximum atomic E-state index is 12.6. The normalized spacial score (nSPS) is 15.3. The third-order valence-corrected chi connectivity index (χ3v) is 9.36. The Hall–Kier alpha value is -2.28. The van der Waals surface area contributed by atoms with Crippen molar-refractivity contribution in [3.63, 3.8) is 0 Å². The number of fused-ring (bicyclic) bond motifs is 1. The first kappa shape index (κ1) is 23.4. The molecule has 1 aromatic heterocycles. The number of likely N-dealkylation sites (N-methyl/N-ethyl adjacent to an activating group) is 1. The molecule has 0 radical (unpaired) electrons. The molecule has 9 nitrogen and oxygen atoms in total. The van der Waals surface area contributed by atoms with Crippen LogP contribution in [0.3, 0.4) is 0 Å². The number of amides is 1. The Balaban J connectivity index is 1.84. The van der Waals surface area contributed by atoms with Gasteiger partial charge in [0, 0.05) is 11.9 Å². The van der Waals surface area contributed by atoms with Crippen molar-refractivity contribution in [1.29, 1.82) is 0 Å². The van der Waals surface area contributed by atoms with Gasteiger partial charge < -0.3 is 10.1 Å². The van der Waals surface area contributed by atoms with Gasteiger partial charge in [0.15, 0.2) is 9.84 Å². The van der Waals surface area contributed by atoms with Crippen molar-refractivity contribution >= 4 is 48.1 Å². The van der Waals surface area contributed by atoms with E-state index in [1.165, 1.54) is 19.2 Å². The SMILES string of the molecule is CCOC(=O)c1c(NC(=O)CN(C)S(=O)(=O)c2ccccc2)sc2c1CCS(=O)(=O)C2. The van der Waals surface area contributed by atoms with Gasteiger partial charge >= 0.3 is 5.97 Å². The maximum absolute atomic E-state index is 12.6. The fourth-order valence-electron chi connectivity index (χ4n) is 3.16. The molecular weight excluding hydrogens is 464 g/mol. The Morgan fingerprint density at radius 2 is 1.90 bits per heavy atom. The minimum absolute atomic E-state index is 0.0503. The van der Waals surface area contributed by atoms with Crippen LogP contribution in [-0.2, 0) is 41.6 Å². The third kappa shape index (κ3) is 5.14. The molecule has 2 heterocycles. The van der Waals surface area contributed by atoms with Crippen LogP contribution in [0.5, 0.6) is 0 Å². The van der Waals surface area contributed by atoms with E-state index in [4.69, 9.17) is 4.74 Å². The van der Waals surface area contributed by atoms with Crippen molar-refractivity contribution < 1.29 is 31.2 Å². The van der Waals surface area contributed by atoms with E-state index in [1.807, 2.05) is 0 Å². The van der Waals surface area contributed by atoms with Gasteiger partial charge in [-0.2, -0.15) is 4.31 Å². The van der Waals surface area contributed by atoms with Crippen LogP contribution < -0.4 is 5.32 Å². The van der Waals surface area contributed by atoms with Crippen LogP contribution >= 0.6 is 11.3 Å². The second kappa shape index (κ2) is 9.07. The van der Waals surface area contributed by atoms with E-state index >= 15 is 0 Å². The predicted octanol–water partition coefficient (Wildman–Crippen LogP) is 1.65. The quantitative estimate of drug-likeness (QED) is 0.590. The summed E-state index contributed by atoms with van der Waals surface area (Å²) in [5.41, 5.74) is 0.692. The molecule has 1 aliphatic heterocycles. The average molecular weight is 487 g/mol. The molecule has 1 aliphatic rings. The Kier molecular flexibility index (Phi) is 6.84. The highest BCUT2D eigenvalue weighted by Crippen LogP contribution is 2.38. The van der Waals surface area contributed by atoms with Gasteiger partial charge in [-0.25, -0.2) is 21.6 Å². The monoisotopic (exact) mass is 486 g/mol. The molecule has 0 fully saturated rings. The topological polar surface area (TPSA) is 127 Å². The standard InChI is InChI=1S/C19H22N2O7S3/c1-3-28-19(23)17-14-9-10-30(24,25)12-15(14)29-18(17)20-16(22)11-21(2)31(26,27)13-7-5-4-6-8-13/h4-8H,3,9-12H2,1-2H3,(H,20,22). The van der Waals surface area contributed by atoms with Crippen LogP contribution in [-0.4, -0.2) is 59.0 Å². The molecule has 31 heavy (non-hydrogen) atoms. The summed E-state index contributed by atoms with van der Waals surface area (Å²) >= 11 is 0.998. The first-order valence-corrected chi connectivity index (χ1v) is 13.5. The number of hydrogen-bond acceptors (Lipinski definition) is 8. The number of carbonyl (C=O) groups excluding carboxylic acids is 2. The van der Waals surface area contributed by atoms with Crippen molar-refractivity contribution in [3.8, 4) is 0 Å². The second-order valence-corrected chi connectivity index (χ2v) is 12.2. The lowest BCUT2D eigenvalue weighted by atomic mass is 10.1. The van der Waals surface area contributed by atoms with E-state index in [2.05, 4.69) is 5.32 Å². The Morgan fingerprint density at radius 3 is 2.55 bits per heavy atom. The lowest BCUT2D eigenvalue weighted by Gasteiger charge is -2.17. The van der Waals surface area contributed by atoms with E-state index in [-0.39, 0.29) is 40.0 Å². The lowest BCUT2D eigenvalue weighted by molar-refractivity contribution is -0.116. The summed E-state index contributed by atoms with van der Waals surface area (Å²) in [5.74, 6) is -1.61. The molecule has 12 heteroatoms. The van der Waals surface area contributed by atoms with Crippen LogP contribution in [0.15, 0.2) is 35.2 Å². The van der Waals surface area contributed by atoms with Gasteiger partial charge in [-0.1, -0.05) is 18.2 Å². The molecule has 0 unspecified atom stereocenters. The lowest BCUT2D eigenvalue weighted by Crippen LogP contribution is -2.35. The van der Waals surface area contributed by atoms with Crippen LogP contribution in [0, 0.1) is 0 Å². The van der Waals surface area contributed by atoms with Crippen molar-refractivity contribution in [3.05, 3.63) is 46.3 Å². The van der Waals surface area contributed by atoms with Gasteiger partial charge in [0.25, 0.3) is 0 Å². The number of nitrogens with zero attached hydrogens (tertiary/aromatic N) is 1. The highest BCUT2D eigenvalue weighted by molar-refractivity contribution is 7.90. The number of rotatable bonds is 7. The van der Waals surface area contributed by atoms with Gasteiger partial charge in [0.2, 0.25) is 15.9 Å². The summed E-state index contributed by atoms with van der Waals surface area (Å²) in [5, 5.41) is 2.73. The van der Waals surface area contributed by atoms with Gasteiger partial charge in [-0.15, -0.1) is 11.3 Å². The minimum Gasteiger partial charge on any atom is -0.462 e. The molecule has 0 spiro atoms. The molecule has 0 atom stereocenters. The first-order valence-electron chi connectivity index (χ1n) is 9.38. The average Bonchev–Trinajstić information content (AvgIpc) is 3.04. The second-order valence-electron chi connectivity index (χ2n) is 6.89. The van der Waals surface area contributed by atoms with Crippen LogP contribution in [0.2, 0.25) is 0 Å². The number of sulfone groups is 1. The van der Waals surface area contributed by atoms with E-state index in [9.17, 15) is 26.4 Å². The zero-order valence-electron chi connectivity index (χ0n) is 17.0. The van der Waals surface area contributed by atoms with Gasteiger partial charge in [0.1, 0.15) is 5.00 Å². The van der Waals surface area contributed by atoms with Crippen molar-refractivity contribution in [2.45, 2.75) is 24.0 Å². The molecule has 1 amide bonds. The first-order chi connectivity index (χ1) is 14.5. The van der Waals surface area contributed by atoms with E-state index in [1.54, 1.807) is 25.1 Å². The molecule has 1 aromatic carbocycles. The number of nitrogens with one attached hydrogen (secondary N) is 1. The summed E-state index contributed by atoms with van der Waals surface area (Å²) in [6, 6.07) is 7.70. The molecule has 2 aromatic rings. The number of esters is 1. The molecule has 0 bridgehead atoms. The van der Waals surface area contributed by atoms with E-state index in [0.29, 0.717) is 10.4 Å². The van der Waals surface area contributed by atoms with Crippen molar-refractivity contribution in [2.24, 2.45) is 0 Å². The number of hydrogen-bond donors (Lipinski definition) is 1. The minimum atomic E-state index is -3.87. The zero-order chi connectivity index (χ0) is 22.8. The number of anilines is 1. The van der Waals surface area contributed by atoms with Gasteiger partial charge in [0.05, 0.1) is 35.1 Å². The van der Waals surface area contributed by atoms with Crippen LogP contribution in [0.1, 0.15) is 27.7 Å². The molecule has 3 rings (SSSR count). The number of ether oxygens (including phenoxy) is 1. The molecule has 1 N–H and O–H groups in total. The molecule has 0 aliphatic carbocycles. The highest BCUT2D eigenvalue weighted by Gasteiger charge is 2.32. The van der Waals surface area contributed by atoms with Gasteiger partial charge in [-0.3, -0.25) is 4.79 Å². The Morgan fingerprint density at radius 1 is 1.23 bits per heavy atom. The summed E-state index contributed by atoms with van der Waals surface area (Å²) < 4.78 is 55.2. The smallest absolute Gasteiger partial charge is 0.341 e. The summed E-state index contributed by atoms with van der Waals surface area (Å²) in [7, 11) is -5.87. The highest BCUT2D eigenvalue weighted by atomic mass is 32.2. The number of benzene rings is 1. The molecule has 168 valence electrons. The fraction of sp³-hybridized carbons (Fsp3) is 0.368. The van der Waals surface area contributed by atoms with E-state index in [0.717, 1.165) is 15.6 Å².